The van der Waals surface area contributed by atoms with Crippen LogP contribution in [0.25, 0.3) is 43.1 Å². The number of rotatable bonds is 10. The summed E-state index contributed by atoms with van der Waals surface area (Å²) in [5.74, 6) is 3.12. The molecular weight excluding hydrogens is 1140 g/mol. The van der Waals surface area contributed by atoms with E-state index in [-0.39, 0.29) is 17.9 Å². The summed E-state index contributed by atoms with van der Waals surface area (Å²) in [6, 6.07) is 30.6. The zero-order chi connectivity index (χ0) is 64.2. The van der Waals surface area contributed by atoms with Crippen molar-refractivity contribution in [1.82, 2.24) is 19.9 Å². The number of esters is 3. The molecule has 89 heavy (non-hydrogen) atoms. The zero-order valence-corrected chi connectivity index (χ0v) is 54.7. The average molecular weight is 1230 g/mol. The van der Waals surface area contributed by atoms with E-state index in [2.05, 4.69) is 103 Å². The van der Waals surface area contributed by atoms with Crippen LogP contribution in [0.15, 0.2) is 122 Å². The molecule has 4 N–H and O–H groups in total. The average Bonchev–Trinajstić information content (AvgIpc) is 3.69. The molecular formula is C73H90ClN7O8. The van der Waals surface area contributed by atoms with Crippen LogP contribution in [0.3, 0.4) is 0 Å². The zero-order valence-electron chi connectivity index (χ0n) is 54.0. The molecule has 8 aromatic rings. The highest BCUT2D eigenvalue weighted by atomic mass is 35.5. The molecule has 0 unspecified atom stereocenters. The number of hydrogen-bond donors (Lipinski definition) is 4. The molecule has 4 aromatic heterocycles. The van der Waals surface area contributed by atoms with Gasteiger partial charge < -0.3 is 35.3 Å². The van der Waals surface area contributed by atoms with Crippen LogP contribution >= 0.6 is 11.6 Å². The van der Waals surface area contributed by atoms with Crippen molar-refractivity contribution in [1.29, 1.82) is 0 Å². The quantitative estimate of drug-likeness (QED) is 0.0571. The first-order chi connectivity index (χ1) is 42.3. The van der Waals surface area contributed by atoms with Gasteiger partial charge in [0.25, 0.3) is 0 Å². The number of carbonyl (C=O) groups is 4. The summed E-state index contributed by atoms with van der Waals surface area (Å²) in [6.45, 7) is 21.0. The predicted octanol–water partition coefficient (Wildman–Crippen LogP) is 17.7. The number of carboxylic acid groups (broad SMARTS) is 1. The normalized spacial score (nSPS) is 19.4. The number of nitrogens with zero attached hydrogens (tertiary/aromatic N) is 4. The van der Waals surface area contributed by atoms with Crippen LogP contribution in [0, 0.1) is 34.0 Å². The van der Waals surface area contributed by atoms with Gasteiger partial charge in [0.1, 0.15) is 22.6 Å². The third kappa shape index (κ3) is 18.6. The van der Waals surface area contributed by atoms with Crippen LogP contribution in [0.1, 0.15) is 181 Å². The summed E-state index contributed by atoms with van der Waals surface area (Å²) < 4.78 is 14.2. The number of anilines is 3. The lowest BCUT2D eigenvalue weighted by Crippen LogP contribution is -2.31. The van der Waals surface area contributed by atoms with Gasteiger partial charge >= 0.3 is 23.9 Å². The van der Waals surface area contributed by atoms with E-state index < -0.39 is 5.97 Å². The minimum absolute atomic E-state index is 0.310. The number of aromatic nitrogens is 4. The Morgan fingerprint density at radius 3 is 0.910 bits per heavy atom. The fourth-order valence-corrected chi connectivity index (χ4v) is 12.7. The second-order valence-electron chi connectivity index (χ2n) is 27.4. The Balaban J connectivity index is 0.000000156. The van der Waals surface area contributed by atoms with Crippen molar-refractivity contribution >= 4 is 96.0 Å². The third-order valence-corrected chi connectivity index (χ3v) is 18.5. The van der Waals surface area contributed by atoms with Gasteiger partial charge in [0.15, 0.2) is 0 Å². The van der Waals surface area contributed by atoms with Gasteiger partial charge in [-0.05, 0) is 205 Å². The van der Waals surface area contributed by atoms with Gasteiger partial charge in [-0.15, -0.1) is 0 Å². The van der Waals surface area contributed by atoms with Crippen molar-refractivity contribution in [2.75, 3.05) is 37.3 Å². The Labute approximate surface area is 529 Å². The minimum Gasteiger partial charge on any atom is -0.478 e. The Kier molecular flexibility index (Phi) is 22.3. The molecule has 4 aromatic carbocycles. The highest BCUT2D eigenvalue weighted by Gasteiger charge is 2.32. The number of aromatic carboxylic acids is 1. The van der Waals surface area contributed by atoms with Crippen molar-refractivity contribution in [3.63, 3.8) is 0 Å². The van der Waals surface area contributed by atoms with E-state index in [0.717, 1.165) is 91.1 Å². The third-order valence-electron chi connectivity index (χ3n) is 18.3. The van der Waals surface area contributed by atoms with Crippen LogP contribution in [-0.2, 0) is 14.2 Å². The first-order valence-corrected chi connectivity index (χ1v) is 31.7. The molecule has 472 valence electrons. The van der Waals surface area contributed by atoms with E-state index >= 15 is 0 Å². The number of nitrogens with one attached hydrogen (secondary N) is 3. The van der Waals surface area contributed by atoms with Crippen molar-refractivity contribution in [3.8, 4) is 0 Å². The minimum atomic E-state index is -0.899. The van der Waals surface area contributed by atoms with Crippen LogP contribution in [-0.4, -0.2) is 88.4 Å². The van der Waals surface area contributed by atoms with E-state index in [0.29, 0.717) is 61.8 Å². The molecule has 3 fully saturated rings. The Bertz CT molecular complexity index is 3620. The van der Waals surface area contributed by atoms with E-state index in [1.165, 1.54) is 85.5 Å². The number of benzene rings is 4. The maximum atomic E-state index is 11.7. The summed E-state index contributed by atoms with van der Waals surface area (Å²) in [6.07, 6.45) is 21.8. The van der Waals surface area contributed by atoms with E-state index in [4.69, 9.17) is 26.2 Å². The van der Waals surface area contributed by atoms with Gasteiger partial charge in [0, 0.05) is 64.5 Å². The molecule has 16 heteroatoms. The molecule has 0 saturated heterocycles. The molecule has 15 nitrogen and oxygen atoms in total. The second kappa shape index (κ2) is 29.6. The summed E-state index contributed by atoms with van der Waals surface area (Å²) in [5, 5.41) is 28.0. The summed E-state index contributed by atoms with van der Waals surface area (Å²) in [5.41, 5.74) is 3.14. The number of pyridine rings is 4. The van der Waals surface area contributed by atoms with Gasteiger partial charge in [0.2, 0.25) is 0 Å². The van der Waals surface area contributed by atoms with Gasteiger partial charge in [-0.1, -0.05) is 98.2 Å². The number of methoxy groups -OCH3 is 3. The lowest BCUT2D eigenvalue weighted by atomic mass is 9.71. The first-order valence-electron chi connectivity index (χ1n) is 31.3. The number of hydrogen-bond acceptors (Lipinski definition) is 14. The molecule has 0 aliphatic heterocycles. The Morgan fingerprint density at radius 2 is 0.640 bits per heavy atom. The molecule has 4 heterocycles. The van der Waals surface area contributed by atoms with Crippen LogP contribution in [0.5, 0.6) is 0 Å². The number of halogens is 1. The SMILES string of the molecule is CC(C)(C)C1CCC(Nc2cc3cc(C(=O)O)ccc3cn2)CC1.COC(=O)c1ccc2cnc(Cl)cc2c1.COC(=O)c1ccc2cnc(NC3CCC(C(C)(C)C)CC3)cc2c1.COC(=O)c1ccc2cnc(NC3CCC(C(C)(C)C)CC3)cc2c1. The highest BCUT2D eigenvalue weighted by Crippen LogP contribution is 2.41. The van der Waals surface area contributed by atoms with Gasteiger partial charge in [-0.3, -0.25) is 0 Å². The molecule has 11 rings (SSSR count). The molecule has 3 aliphatic rings. The number of ether oxygens (including phenoxy) is 3. The van der Waals surface area contributed by atoms with Crippen molar-refractivity contribution in [2.45, 2.75) is 157 Å². The standard InChI is InChI=1S/2C21H28N2O2.C20H26N2O2.C11H8ClNO2/c2*1-21(2,3)17-7-9-18(10-8-17)23-19-12-16-11-14(20(24)25-4)5-6-15(16)13-22-19;1-20(2,3)16-6-8-17(9-7-16)22-18-11-15-10-13(19(23)24)4-5-14(15)12-21-18;1-15-11(14)7-2-3-8-6-13-10(12)5-9(8)4-7/h2*5-6,11-13,17-18H,7-10H2,1-4H3,(H,22,23);4-5,10-12,16-17H,6-9H2,1-3H3,(H,21,22)(H,23,24);2-6H,1H3. The fourth-order valence-electron chi connectivity index (χ4n) is 12.6. The van der Waals surface area contributed by atoms with Crippen molar-refractivity contribution in [3.05, 3.63) is 149 Å². The number of carbonyl (C=O) groups excluding carboxylic acids is 3. The molecule has 0 bridgehead atoms. The van der Waals surface area contributed by atoms with Crippen LogP contribution in [0.4, 0.5) is 17.5 Å². The number of fused-ring (bicyclic) bond motifs is 4. The predicted molar refractivity (Wildman–Crippen MR) is 359 cm³/mol. The molecule has 3 saturated carbocycles. The summed E-state index contributed by atoms with van der Waals surface area (Å²) >= 11 is 5.76. The topological polar surface area (TPSA) is 204 Å². The molecule has 0 radical (unpaired) electrons. The molecule has 0 amide bonds. The van der Waals surface area contributed by atoms with Crippen molar-refractivity contribution < 1.29 is 38.5 Å². The molecule has 0 atom stereocenters. The van der Waals surface area contributed by atoms with Crippen molar-refractivity contribution in [2.24, 2.45) is 34.0 Å². The highest BCUT2D eigenvalue weighted by molar-refractivity contribution is 6.30. The van der Waals surface area contributed by atoms with Gasteiger partial charge in [-0.2, -0.15) is 0 Å². The maximum Gasteiger partial charge on any atom is 0.337 e. The fraction of sp³-hybridized carbons (Fsp3) is 0.452. The summed E-state index contributed by atoms with van der Waals surface area (Å²) in [4.78, 5) is 63.3. The first kappa shape index (κ1) is 67.0. The van der Waals surface area contributed by atoms with E-state index in [9.17, 15) is 19.2 Å². The largest absolute Gasteiger partial charge is 0.478 e. The van der Waals surface area contributed by atoms with E-state index in [1.54, 1.807) is 48.7 Å². The summed E-state index contributed by atoms with van der Waals surface area (Å²) in [7, 11) is 4.16. The van der Waals surface area contributed by atoms with E-state index in [1.807, 2.05) is 73.2 Å². The molecule has 3 aliphatic carbocycles. The Morgan fingerprint density at radius 1 is 0.382 bits per heavy atom. The lowest BCUT2D eigenvalue weighted by Gasteiger charge is -2.37. The number of carboxylic acids is 1. The second-order valence-corrected chi connectivity index (χ2v) is 27.8. The maximum absolute atomic E-state index is 11.7. The van der Waals surface area contributed by atoms with Gasteiger partial charge in [-0.25, -0.2) is 39.1 Å². The lowest BCUT2D eigenvalue weighted by molar-refractivity contribution is 0.0592. The monoisotopic (exact) mass is 1230 g/mol. The smallest absolute Gasteiger partial charge is 0.337 e. The van der Waals surface area contributed by atoms with Crippen LogP contribution in [0.2, 0.25) is 5.15 Å². The van der Waals surface area contributed by atoms with Gasteiger partial charge in [0.05, 0.1) is 43.6 Å². The molecule has 0 spiro atoms. The van der Waals surface area contributed by atoms with Crippen LogP contribution < -0.4 is 16.0 Å². The Hall–Kier alpha value is -7.91.